The first-order valence-electron chi connectivity index (χ1n) is 10.3. The summed E-state index contributed by atoms with van der Waals surface area (Å²) in [4.78, 5) is 34.5. The molecule has 0 saturated carbocycles. The van der Waals surface area contributed by atoms with Gasteiger partial charge in [-0.1, -0.05) is 42.5 Å². The highest BCUT2D eigenvalue weighted by Gasteiger charge is 2.16. The zero-order chi connectivity index (χ0) is 22.3. The molecule has 0 unspecified atom stereocenters. The Morgan fingerprint density at radius 3 is 2.47 bits per heavy atom. The van der Waals surface area contributed by atoms with Gasteiger partial charge in [0, 0.05) is 12.2 Å². The second-order valence-corrected chi connectivity index (χ2v) is 7.35. The van der Waals surface area contributed by atoms with Crippen molar-refractivity contribution >= 4 is 22.6 Å². The number of urea groups is 1. The molecular weight excluding hydrogens is 404 g/mol. The summed E-state index contributed by atoms with van der Waals surface area (Å²) in [6.45, 7) is 0.621. The average molecular weight is 428 g/mol. The minimum absolute atomic E-state index is 0.175. The first-order valence-corrected chi connectivity index (χ1v) is 10.3. The first-order chi connectivity index (χ1) is 15.6. The summed E-state index contributed by atoms with van der Waals surface area (Å²) in [6.07, 6.45) is 0.643. The number of carbonyl (C=O) groups is 1. The molecule has 4 aromatic rings. The van der Waals surface area contributed by atoms with Gasteiger partial charge in [-0.2, -0.15) is 0 Å². The summed E-state index contributed by atoms with van der Waals surface area (Å²) >= 11 is 0. The first kappa shape index (κ1) is 21.1. The van der Waals surface area contributed by atoms with Crippen molar-refractivity contribution in [3.8, 4) is 5.75 Å². The number of ether oxygens (including phenoxy) is 1. The molecule has 7 heteroatoms. The summed E-state index contributed by atoms with van der Waals surface area (Å²) < 4.78 is 5.21. The van der Waals surface area contributed by atoms with Crippen LogP contribution in [0.4, 0.5) is 10.5 Å². The molecule has 7 nitrogen and oxygen atoms in total. The largest absolute Gasteiger partial charge is 0.497 e. The summed E-state index contributed by atoms with van der Waals surface area (Å²) in [5.41, 5.74) is 2.16. The van der Waals surface area contributed by atoms with Crippen LogP contribution in [0.25, 0.3) is 10.9 Å². The van der Waals surface area contributed by atoms with E-state index in [9.17, 15) is 9.59 Å². The number of rotatable bonds is 7. The Kier molecular flexibility index (Phi) is 6.46. The van der Waals surface area contributed by atoms with Gasteiger partial charge in [0.2, 0.25) is 0 Å². The Labute approximate surface area is 185 Å². The van der Waals surface area contributed by atoms with Crippen LogP contribution >= 0.6 is 0 Å². The number of hydrogen-bond acceptors (Lipinski definition) is 4. The molecule has 0 aliphatic heterocycles. The molecule has 0 spiro atoms. The lowest BCUT2D eigenvalue weighted by Crippen LogP contribution is -2.37. The molecular formula is C25H24N4O3. The van der Waals surface area contributed by atoms with Crippen molar-refractivity contribution in [2.75, 3.05) is 19.0 Å². The van der Waals surface area contributed by atoms with Gasteiger partial charge in [-0.05, 0) is 48.4 Å². The van der Waals surface area contributed by atoms with Gasteiger partial charge < -0.3 is 19.9 Å². The van der Waals surface area contributed by atoms with Gasteiger partial charge in [-0.25, -0.2) is 9.78 Å². The van der Waals surface area contributed by atoms with Gasteiger partial charge in [0.25, 0.3) is 5.56 Å². The molecule has 2 N–H and O–H groups in total. The quantitative estimate of drug-likeness (QED) is 0.462. The highest BCUT2D eigenvalue weighted by Crippen LogP contribution is 2.14. The lowest BCUT2D eigenvalue weighted by atomic mass is 10.1. The fourth-order valence-electron chi connectivity index (χ4n) is 3.42. The van der Waals surface area contributed by atoms with Crippen molar-refractivity contribution in [2.45, 2.75) is 13.0 Å². The Morgan fingerprint density at radius 2 is 1.72 bits per heavy atom. The molecule has 1 heterocycles. The highest BCUT2D eigenvalue weighted by molar-refractivity contribution is 5.89. The van der Waals surface area contributed by atoms with Crippen molar-refractivity contribution in [1.29, 1.82) is 0 Å². The minimum Gasteiger partial charge on any atom is -0.497 e. The number of carbonyl (C=O) groups excluding carboxylic acids is 1. The normalized spacial score (nSPS) is 10.7. The van der Waals surface area contributed by atoms with Crippen LogP contribution in [0.3, 0.4) is 0 Å². The van der Waals surface area contributed by atoms with E-state index in [-0.39, 0.29) is 18.1 Å². The zero-order valence-electron chi connectivity index (χ0n) is 17.7. The average Bonchev–Trinajstić information content (AvgIpc) is 2.82. The van der Waals surface area contributed by atoms with Crippen molar-refractivity contribution in [3.63, 3.8) is 0 Å². The number of methoxy groups -OCH3 is 1. The number of nitrogens with one attached hydrogen (secondary N) is 2. The molecule has 3 aromatic carbocycles. The Hall–Kier alpha value is -4.13. The zero-order valence-corrected chi connectivity index (χ0v) is 17.7. The number of H-pyrrole nitrogens is 1. The van der Waals surface area contributed by atoms with Crippen LogP contribution in [0.15, 0.2) is 83.7 Å². The van der Waals surface area contributed by atoms with Crippen LogP contribution in [0.5, 0.6) is 5.75 Å². The van der Waals surface area contributed by atoms with E-state index < -0.39 is 0 Å². The van der Waals surface area contributed by atoms with Crippen molar-refractivity contribution in [3.05, 3.63) is 101 Å². The van der Waals surface area contributed by atoms with E-state index in [0.29, 0.717) is 35.4 Å². The van der Waals surface area contributed by atoms with Gasteiger partial charge in [-0.15, -0.1) is 0 Å². The standard InChI is InChI=1S/C25H24N4O3/c1-32-20-13-11-18(12-14-20)15-16-29(25(31)26-19-7-3-2-4-8-19)17-23-27-22-10-6-5-9-21(22)24(30)28-23/h2-14H,15-17H2,1H3,(H,26,31)(H,27,28,30). The SMILES string of the molecule is COc1ccc(CCN(Cc2nc3ccccc3c(=O)[nH]2)C(=O)Nc2ccccc2)cc1. The smallest absolute Gasteiger partial charge is 0.322 e. The fourth-order valence-corrected chi connectivity index (χ4v) is 3.42. The second-order valence-electron chi connectivity index (χ2n) is 7.35. The van der Waals surface area contributed by atoms with E-state index in [4.69, 9.17) is 4.74 Å². The predicted octanol–water partition coefficient (Wildman–Crippen LogP) is 4.21. The molecule has 0 saturated heterocycles. The summed E-state index contributed by atoms with van der Waals surface area (Å²) in [7, 11) is 1.63. The molecule has 0 fully saturated rings. The summed E-state index contributed by atoms with van der Waals surface area (Å²) in [5.74, 6) is 1.22. The topological polar surface area (TPSA) is 87.3 Å². The molecule has 32 heavy (non-hydrogen) atoms. The van der Waals surface area contributed by atoms with Crippen LogP contribution in [0.1, 0.15) is 11.4 Å². The predicted molar refractivity (Wildman–Crippen MR) is 125 cm³/mol. The number of amides is 2. The number of aromatic nitrogens is 2. The molecule has 2 amide bonds. The van der Waals surface area contributed by atoms with Gasteiger partial charge in [0.05, 0.1) is 24.6 Å². The van der Waals surface area contributed by atoms with Crippen LogP contribution < -0.4 is 15.6 Å². The number of nitrogens with zero attached hydrogens (tertiary/aromatic N) is 2. The van der Waals surface area contributed by atoms with Crippen molar-refractivity contribution in [1.82, 2.24) is 14.9 Å². The van der Waals surface area contributed by atoms with Crippen LogP contribution in [-0.2, 0) is 13.0 Å². The number of fused-ring (bicyclic) bond motifs is 1. The number of aromatic amines is 1. The monoisotopic (exact) mass is 428 g/mol. The van der Waals surface area contributed by atoms with Crippen molar-refractivity contribution in [2.24, 2.45) is 0 Å². The number of para-hydroxylation sites is 2. The summed E-state index contributed by atoms with van der Waals surface area (Å²) in [5, 5.41) is 3.44. The number of hydrogen-bond donors (Lipinski definition) is 2. The molecule has 0 atom stereocenters. The maximum atomic E-state index is 13.1. The van der Waals surface area contributed by atoms with E-state index in [1.165, 1.54) is 0 Å². The van der Waals surface area contributed by atoms with E-state index in [1.54, 1.807) is 30.2 Å². The van der Waals surface area contributed by atoms with Crippen LogP contribution in [0, 0.1) is 0 Å². The molecule has 162 valence electrons. The van der Waals surface area contributed by atoms with Crippen molar-refractivity contribution < 1.29 is 9.53 Å². The third-order valence-corrected chi connectivity index (χ3v) is 5.14. The van der Waals surface area contributed by atoms with Crippen LogP contribution in [0.2, 0.25) is 0 Å². The Morgan fingerprint density at radius 1 is 1.00 bits per heavy atom. The van der Waals surface area contributed by atoms with E-state index in [1.807, 2.05) is 60.7 Å². The fraction of sp³-hybridized carbons (Fsp3) is 0.160. The summed E-state index contributed by atoms with van der Waals surface area (Å²) in [6, 6.07) is 23.9. The van der Waals surface area contributed by atoms with Gasteiger partial charge in [0.15, 0.2) is 0 Å². The van der Waals surface area contributed by atoms with Gasteiger partial charge in [0.1, 0.15) is 11.6 Å². The molecule has 0 aliphatic rings. The van der Waals surface area contributed by atoms with Gasteiger partial charge >= 0.3 is 6.03 Å². The van der Waals surface area contributed by atoms with E-state index in [2.05, 4.69) is 15.3 Å². The maximum Gasteiger partial charge on any atom is 0.322 e. The number of anilines is 1. The third kappa shape index (κ3) is 5.13. The highest BCUT2D eigenvalue weighted by atomic mass is 16.5. The molecule has 0 aliphatic carbocycles. The van der Waals surface area contributed by atoms with E-state index in [0.717, 1.165) is 11.3 Å². The molecule has 0 radical (unpaired) electrons. The second kappa shape index (κ2) is 9.78. The maximum absolute atomic E-state index is 13.1. The van der Waals surface area contributed by atoms with Crippen LogP contribution in [-0.4, -0.2) is 34.6 Å². The lowest BCUT2D eigenvalue weighted by Gasteiger charge is -2.23. The Balaban J connectivity index is 1.56. The molecule has 0 bridgehead atoms. The molecule has 4 rings (SSSR count). The van der Waals surface area contributed by atoms with E-state index >= 15 is 0 Å². The van der Waals surface area contributed by atoms with Gasteiger partial charge in [-0.3, -0.25) is 4.79 Å². The minimum atomic E-state index is -0.263. The molecule has 1 aromatic heterocycles. The lowest BCUT2D eigenvalue weighted by molar-refractivity contribution is 0.208. The number of benzene rings is 3. The Bertz CT molecular complexity index is 1250. The third-order valence-electron chi connectivity index (χ3n) is 5.14.